The second kappa shape index (κ2) is 4.24. The standard InChI is InChI=1S/C19H16/c1-3-7-14(8-4-1)18-12-17-11-16(18)13-19(17)15-9-5-2-6-10-15/h1-10,12-13,16-17H,11H2. The van der Waals surface area contributed by atoms with Gasteiger partial charge in [-0.1, -0.05) is 72.8 Å². The molecule has 2 aromatic rings. The van der Waals surface area contributed by atoms with Crippen LogP contribution in [0.5, 0.6) is 0 Å². The minimum atomic E-state index is 0.614. The molecule has 2 aliphatic carbocycles. The summed E-state index contributed by atoms with van der Waals surface area (Å²) in [5.74, 6) is 1.23. The molecule has 0 N–H and O–H groups in total. The lowest BCUT2D eigenvalue weighted by atomic mass is 9.91. The second-order valence-electron chi connectivity index (χ2n) is 5.42. The molecule has 2 aliphatic rings. The Hall–Kier alpha value is -2.08. The second-order valence-corrected chi connectivity index (χ2v) is 5.42. The van der Waals surface area contributed by atoms with Gasteiger partial charge in [-0.05, 0) is 28.7 Å². The van der Waals surface area contributed by atoms with E-state index in [0.29, 0.717) is 11.8 Å². The summed E-state index contributed by atoms with van der Waals surface area (Å²) in [6.45, 7) is 0. The molecule has 2 unspecified atom stereocenters. The van der Waals surface area contributed by atoms with E-state index in [4.69, 9.17) is 0 Å². The van der Waals surface area contributed by atoms with E-state index in [2.05, 4.69) is 72.8 Å². The van der Waals surface area contributed by atoms with Crippen molar-refractivity contribution in [2.75, 3.05) is 0 Å². The maximum Gasteiger partial charge on any atom is 0.00360 e. The number of hydrogen-bond acceptors (Lipinski definition) is 0. The number of benzene rings is 2. The average molecular weight is 244 g/mol. The third kappa shape index (κ3) is 1.76. The number of rotatable bonds is 2. The Morgan fingerprint density at radius 1 is 0.579 bits per heavy atom. The quantitative estimate of drug-likeness (QED) is 0.711. The van der Waals surface area contributed by atoms with Crippen LogP contribution in [-0.2, 0) is 0 Å². The first-order valence-corrected chi connectivity index (χ1v) is 6.96. The van der Waals surface area contributed by atoms with Crippen LogP contribution in [-0.4, -0.2) is 0 Å². The zero-order valence-electron chi connectivity index (χ0n) is 10.8. The van der Waals surface area contributed by atoms with Crippen molar-refractivity contribution in [1.82, 2.24) is 0 Å². The van der Waals surface area contributed by atoms with Crippen molar-refractivity contribution < 1.29 is 0 Å². The minimum absolute atomic E-state index is 0.614. The zero-order valence-corrected chi connectivity index (χ0v) is 10.8. The molecule has 0 heteroatoms. The molecule has 0 saturated heterocycles. The fourth-order valence-electron chi connectivity index (χ4n) is 3.41. The molecule has 0 aromatic heterocycles. The van der Waals surface area contributed by atoms with Crippen LogP contribution in [0.4, 0.5) is 0 Å². The third-order valence-electron chi connectivity index (χ3n) is 4.28. The van der Waals surface area contributed by atoms with Gasteiger partial charge in [-0.15, -0.1) is 0 Å². The third-order valence-corrected chi connectivity index (χ3v) is 4.28. The van der Waals surface area contributed by atoms with Crippen molar-refractivity contribution in [1.29, 1.82) is 0 Å². The fourth-order valence-corrected chi connectivity index (χ4v) is 3.41. The molecular formula is C19H16. The Morgan fingerprint density at radius 3 is 1.37 bits per heavy atom. The molecule has 0 spiro atoms. The molecule has 92 valence electrons. The summed E-state index contributed by atoms with van der Waals surface area (Å²) >= 11 is 0. The summed E-state index contributed by atoms with van der Waals surface area (Å²) < 4.78 is 0. The SMILES string of the molecule is C1=C(c2ccccc2)C2C=C(c3ccccc3)C1C2. The van der Waals surface area contributed by atoms with E-state index < -0.39 is 0 Å². The topological polar surface area (TPSA) is 0 Å². The van der Waals surface area contributed by atoms with Gasteiger partial charge in [-0.2, -0.15) is 0 Å². The van der Waals surface area contributed by atoms with E-state index in [1.54, 1.807) is 0 Å². The summed E-state index contributed by atoms with van der Waals surface area (Å²) in [5, 5.41) is 0. The Kier molecular flexibility index (Phi) is 2.41. The molecule has 19 heavy (non-hydrogen) atoms. The molecule has 0 radical (unpaired) electrons. The van der Waals surface area contributed by atoms with Crippen molar-refractivity contribution in [2.45, 2.75) is 6.42 Å². The smallest absolute Gasteiger partial charge is 0.00360 e. The van der Waals surface area contributed by atoms with Gasteiger partial charge in [-0.25, -0.2) is 0 Å². The first-order chi connectivity index (χ1) is 9.42. The van der Waals surface area contributed by atoms with Gasteiger partial charge >= 0.3 is 0 Å². The predicted octanol–water partition coefficient (Wildman–Crippen LogP) is 4.80. The van der Waals surface area contributed by atoms with Gasteiger partial charge in [0.15, 0.2) is 0 Å². The summed E-state index contributed by atoms with van der Waals surface area (Å²) in [6.07, 6.45) is 6.21. The van der Waals surface area contributed by atoms with E-state index >= 15 is 0 Å². The summed E-state index contributed by atoms with van der Waals surface area (Å²) in [6, 6.07) is 21.6. The summed E-state index contributed by atoms with van der Waals surface area (Å²) in [5.41, 5.74) is 5.81. The van der Waals surface area contributed by atoms with Gasteiger partial charge in [-0.3, -0.25) is 0 Å². The molecule has 0 amide bonds. The van der Waals surface area contributed by atoms with Gasteiger partial charge in [0.05, 0.1) is 0 Å². The summed E-state index contributed by atoms with van der Waals surface area (Å²) in [7, 11) is 0. The van der Waals surface area contributed by atoms with Crippen molar-refractivity contribution in [2.24, 2.45) is 11.8 Å². The first kappa shape index (κ1) is 10.8. The molecule has 0 nitrogen and oxygen atoms in total. The van der Waals surface area contributed by atoms with Crippen LogP contribution in [0.1, 0.15) is 17.5 Å². The van der Waals surface area contributed by atoms with Crippen LogP contribution in [0.2, 0.25) is 0 Å². The van der Waals surface area contributed by atoms with Crippen molar-refractivity contribution in [3.05, 3.63) is 83.9 Å². The fraction of sp³-hybridized carbons (Fsp3) is 0.158. The van der Waals surface area contributed by atoms with E-state index in [0.717, 1.165) is 0 Å². The van der Waals surface area contributed by atoms with Crippen LogP contribution < -0.4 is 0 Å². The van der Waals surface area contributed by atoms with Crippen LogP contribution in [0.3, 0.4) is 0 Å². The van der Waals surface area contributed by atoms with Crippen molar-refractivity contribution in [3.63, 3.8) is 0 Å². The number of hydrogen-bond donors (Lipinski definition) is 0. The highest BCUT2D eigenvalue weighted by atomic mass is 14.4. The normalized spacial score (nSPS) is 24.2. The van der Waals surface area contributed by atoms with E-state index in [1.807, 2.05) is 0 Å². The van der Waals surface area contributed by atoms with Crippen LogP contribution >= 0.6 is 0 Å². The van der Waals surface area contributed by atoms with Crippen LogP contribution in [0, 0.1) is 11.8 Å². The zero-order chi connectivity index (χ0) is 12.7. The Bertz CT molecular complexity index is 587. The maximum absolute atomic E-state index is 2.47. The number of fused-ring (bicyclic) bond motifs is 2. The van der Waals surface area contributed by atoms with Gasteiger partial charge in [0.25, 0.3) is 0 Å². The number of allylic oxidation sites excluding steroid dienone is 4. The predicted molar refractivity (Wildman–Crippen MR) is 80.4 cm³/mol. The molecule has 2 atom stereocenters. The largest absolute Gasteiger partial charge is 0.0725 e. The van der Waals surface area contributed by atoms with Crippen LogP contribution in [0.15, 0.2) is 72.8 Å². The molecule has 0 heterocycles. The van der Waals surface area contributed by atoms with E-state index in [-0.39, 0.29) is 0 Å². The molecule has 2 bridgehead atoms. The van der Waals surface area contributed by atoms with Crippen LogP contribution in [0.25, 0.3) is 11.1 Å². The Labute approximate surface area is 114 Å². The van der Waals surface area contributed by atoms with E-state index in [1.165, 1.54) is 28.7 Å². The van der Waals surface area contributed by atoms with Gasteiger partial charge < -0.3 is 0 Å². The lowest BCUT2D eigenvalue weighted by Crippen LogP contribution is -1.95. The Balaban J connectivity index is 1.67. The first-order valence-electron chi connectivity index (χ1n) is 6.96. The highest BCUT2D eigenvalue weighted by molar-refractivity contribution is 5.84. The average Bonchev–Trinajstić information content (AvgIpc) is 3.09. The molecule has 2 aromatic carbocycles. The van der Waals surface area contributed by atoms with Gasteiger partial charge in [0.1, 0.15) is 0 Å². The molecule has 0 fully saturated rings. The van der Waals surface area contributed by atoms with Gasteiger partial charge in [0.2, 0.25) is 0 Å². The Morgan fingerprint density at radius 2 is 1.00 bits per heavy atom. The molecular weight excluding hydrogens is 228 g/mol. The highest BCUT2D eigenvalue weighted by Crippen LogP contribution is 2.50. The summed E-state index contributed by atoms with van der Waals surface area (Å²) in [4.78, 5) is 0. The lowest BCUT2D eigenvalue weighted by Gasteiger charge is -2.14. The molecule has 0 aliphatic heterocycles. The minimum Gasteiger partial charge on any atom is -0.0725 e. The lowest BCUT2D eigenvalue weighted by molar-refractivity contribution is 0.745. The van der Waals surface area contributed by atoms with Gasteiger partial charge in [0, 0.05) is 11.8 Å². The highest BCUT2D eigenvalue weighted by Gasteiger charge is 2.34. The molecule has 0 saturated carbocycles. The monoisotopic (exact) mass is 244 g/mol. The molecule has 4 rings (SSSR count). The van der Waals surface area contributed by atoms with Crippen molar-refractivity contribution in [3.8, 4) is 0 Å². The van der Waals surface area contributed by atoms with E-state index in [9.17, 15) is 0 Å². The maximum atomic E-state index is 2.47. The van der Waals surface area contributed by atoms with Crippen molar-refractivity contribution >= 4 is 11.1 Å².